The number of hydrogen-bond donors (Lipinski definition) is 0. The number of carbonyl (C=O) groups excluding carboxylic acids is 1. The van der Waals surface area contributed by atoms with Gasteiger partial charge in [-0.2, -0.15) is 0 Å². The van der Waals surface area contributed by atoms with Crippen LogP contribution in [0, 0.1) is 5.82 Å². The topological polar surface area (TPSA) is 53.4 Å². The average Bonchev–Trinajstić information content (AvgIpc) is 3.09. The van der Waals surface area contributed by atoms with Crippen LogP contribution >= 0.6 is 23.4 Å². The van der Waals surface area contributed by atoms with E-state index in [4.69, 9.17) is 26.1 Å². The number of carbonyl (C=O) groups is 1. The summed E-state index contributed by atoms with van der Waals surface area (Å²) in [5.74, 6) is -0.194. The van der Waals surface area contributed by atoms with E-state index in [-0.39, 0.29) is 11.0 Å². The predicted octanol–water partition coefficient (Wildman–Crippen LogP) is 5.72. The van der Waals surface area contributed by atoms with Gasteiger partial charge in [0.2, 0.25) is 0 Å². The van der Waals surface area contributed by atoms with Crippen molar-refractivity contribution in [3.8, 4) is 0 Å². The van der Waals surface area contributed by atoms with Crippen LogP contribution in [0.15, 0.2) is 41.6 Å². The van der Waals surface area contributed by atoms with Gasteiger partial charge in [-0.15, -0.1) is 0 Å². The van der Waals surface area contributed by atoms with Gasteiger partial charge in [0.1, 0.15) is 5.82 Å². The van der Waals surface area contributed by atoms with Gasteiger partial charge in [0.15, 0.2) is 5.16 Å². The van der Waals surface area contributed by atoms with Crippen LogP contribution in [-0.2, 0) is 21.8 Å². The Bertz CT molecular complexity index is 1030. The van der Waals surface area contributed by atoms with Gasteiger partial charge in [-0.05, 0) is 56.2 Å². The number of esters is 1. The van der Waals surface area contributed by atoms with Crippen LogP contribution < -0.4 is 0 Å². The highest BCUT2D eigenvalue weighted by Crippen LogP contribution is 2.29. The number of imidazole rings is 1. The van der Waals surface area contributed by atoms with E-state index in [9.17, 15) is 9.18 Å². The molecule has 0 N–H and O–H groups in total. The quantitative estimate of drug-likeness (QED) is 0.224. The first-order valence-electron chi connectivity index (χ1n) is 9.85. The Morgan fingerprint density at radius 3 is 2.77 bits per heavy atom. The van der Waals surface area contributed by atoms with Crippen LogP contribution in [0.5, 0.6) is 0 Å². The summed E-state index contributed by atoms with van der Waals surface area (Å²) in [5.41, 5.74) is 3.06. The second-order valence-electron chi connectivity index (χ2n) is 6.56. The summed E-state index contributed by atoms with van der Waals surface area (Å²) in [7, 11) is 0. The summed E-state index contributed by atoms with van der Waals surface area (Å²) < 4.78 is 26.1. The summed E-state index contributed by atoms with van der Waals surface area (Å²) in [5, 5.41) is 0.931. The second-order valence-corrected chi connectivity index (χ2v) is 7.91. The number of aromatic nitrogens is 2. The number of thioether (sulfide) groups is 1. The van der Waals surface area contributed by atoms with Crippen molar-refractivity contribution < 1.29 is 18.7 Å². The van der Waals surface area contributed by atoms with Gasteiger partial charge >= 0.3 is 5.97 Å². The Labute approximate surface area is 184 Å². The van der Waals surface area contributed by atoms with Gasteiger partial charge in [0, 0.05) is 25.5 Å². The highest BCUT2D eigenvalue weighted by atomic mass is 35.5. The fourth-order valence-electron chi connectivity index (χ4n) is 3.02. The lowest BCUT2D eigenvalue weighted by Crippen LogP contribution is -2.05. The summed E-state index contributed by atoms with van der Waals surface area (Å²) in [6, 6.07) is 10.1. The van der Waals surface area contributed by atoms with E-state index in [1.165, 1.54) is 6.07 Å². The van der Waals surface area contributed by atoms with Crippen LogP contribution in [0.1, 0.15) is 36.2 Å². The average molecular weight is 451 g/mol. The number of aryl methyl sites for hydroxylation is 1. The Morgan fingerprint density at radius 2 is 2.03 bits per heavy atom. The summed E-state index contributed by atoms with van der Waals surface area (Å²) in [6.07, 6.45) is 0.842. The van der Waals surface area contributed by atoms with Crippen LogP contribution in [-0.4, -0.2) is 35.3 Å². The molecule has 0 radical (unpaired) electrons. The maximum Gasteiger partial charge on any atom is 0.338 e. The first-order chi connectivity index (χ1) is 14.5. The minimum atomic E-state index is -0.430. The maximum absolute atomic E-state index is 13.4. The Morgan fingerprint density at radius 1 is 1.20 bits per heavy atom. The molecule has 0 aliphatic heterocycles. The minimum Gasteiger partial charge on any atom is -0.462 e. The molecule has 0 saturated carbocycles. The van der Waals surface area contributed by atoms with E-state index >= 15 is 0 Å². The molecule has 160 valence electrons. The van der Waals surface area contributed by atoms with Crippen LogP contribution in [0.25, 0.3) is 11.0 Å². The first-order valence-corrected chi connectivity index (χ1v) is 11.2. The lowest BCUT2D eigenvalue weighted by molar-refractivity contribution is 0.0526. The fraction of sp³-hybridized carbons (Fsp3) is 0.364. The van der Waals surface area contributed by atoms with Gasteiger partial charge in [-0.1, -0.05) is 29.4 Å². The third-order valence-corrected chi connectivity index (χ3v) is 5.79. The number of benzene rings is 2. The highest BCUT2D eigenvalue weighted by Gasteiger charge is 2.15. The number of fused-ring (bicyclic) bond motifs is 1. The molecule has 0 atom stereocenters. The normalized spacial score (nSPS) is 11.2. The standard InChI is InChI=1S/C22H24ClFN2O3S/c1-3-28-11-5-10-26-20-9-7-16(21(27)29-4-2)13-19(20)25-22(26)30-14-15-6-8-18(24)17(23)12-15/h6-9,12-13H,3-5,10-11,14H2,1-2H3. The molecule has 0 aliphatic rings. The molecule has 0 spiro atoms. The molecule has 1 heterocycles. The third kappa shape index (κ3) is 5.53. The monoisotopic (exact) mass is 450 g/mol. The molecule has 3 rings (SSSR count). The Hall–Kier alpha value is -2.09. The predicted molar refractivity (Wildman–Crippen MR) is 118 cm³/mol. The van der Waals surface area contributed by atoms with E-state index in [0.717, 1.165) is 34.7 Å². The van der Waals surface area contributed by atoms with E-state index in [1.807, 2.05) is 13.0 Å². The molecule has 0 bridgehead atoms. The van der Waals surface area contributed by atoms with Gasteiger partial charge in [0.05, 0.1) is 28.2 Å². The maximum atomic E-state index is 13.4. The Balaban J connectivity index is 1.86. The molecule has 2 aromatic carbocycles. The van der Waals surface area contributed by atoms with Crippen LogP contribution in [0.3, 0.4) is 0 Å². The zero-order chi connectivity index (χ0) is 21.5. The van der Waals surface area contributed by atoms with E-state index < -0.39 is 5.82 Å². The van der Waals surface area contributed by atoms with Crippen LogP contribution in [0.4, 0.5) is 4.39 Å². The van der Waals surface area contributed by atoms with Crippen molar-refractivity contribution in [3.63, 3.8) is 0 Å². The number of ether oxygens (including phenoxy) is 2. The van der Waals surface area contributed by atoms with Crippen molar-refractivity contribution in [3.05, 3.63) is 58.4 Å². The SMILES string of the molecule is CCOCCCn1c(SCc2ccc(F)c(Cl)c2)nc2cc(C(=O)OCC)ccc21. The number of rotatable bonds is 10. The van der Waals surface area contributed by atoms with Gasteiger partial charge in [-0.25, -0.2) is 14.2 Å². The molecule has 1 aromatic heterocycles. The largest absolute Gasteiger partial charge is 0.462 e. The van der Waals surface area contributed by atoms with Gasteiger partial charge in [0.25, 0.3) is 0 Å². The molecule has 0 aliphatic carbocycles. The van der Waals surface area contributed by atoms with Crippen molar-refractivity contribution in [2.75, 3.05) is 19.8 Å². The zero-order valence-electron chi connectivity index (χ0n) is 17.0. The van der Waals surface area contributed by atoms with Crippen molar-refractivity contribution >= 4 is 40.4 Å². The van der Waals surface area contributed by atoms with Crippen molar-refractivity contribution in [2.45, 2.75) is 37.7 Å². The van der Waals surface area contributed by atoms with Gasteiger partial charge in [-0.3, -0.25) is 0 Å². The van der Waals surface area contributed by atoms with E-state index in [1.54, 1.807) is 43.0 Å². The molecule has 0 saturated heterocycles. The molecule has 5 nitrogen and oxygen atoms in total. The molecule has 0 amide bonds. The summed E-state index contributed by atoms with van der Waals surface area (Å²) in [6.45, 7) is 6.15. The fourth-order valence-corrected chi connectivity index (χ4v) is 4.21. The van der Waals surface area contributed by atoms with Crippen molar-refractivity contribution in [1.29, 1.82) is 0 Å². The molecule has 30 heavy (non-hydrogen) atoms. The Kier molecular flexibility index (Phi) is 8.13. The molecule has 3 aromatic rings. The molecule has 8 heteroatoms. The number of halogens is 2. The highest BCUT2D eigenvalue weighted by molar-refractivity contribution is 7.98. The van der Waals surface area contributed by atoms with Crippen molar-refractivity contribution in [2.24, 2.45) is 0 Å². The van der Waals surface area contributed by atoms with Crippen LogP contribution in [0.2, 0.25) is 5.02 Å². The van der Waals surface area contributed by atoms with Crippen molar-refractivity contribution in [1.82, 2.24) is 9.55 Å². The van der Waals surface area contributed by atoms with E-state index in [0.29, 0.717) is 31.1 Å². The van der Waals surface area contributed by atoms with Gasteiger partial charge < -0.3 is 14.0 Å². The minimum absolute atomic E-state index is 0.109. The first kappa shape index (κ1) is 22.6. The molecular formula is C22H24ClFN2O3S. The molecule has 0 unspecified atom stereocenters. The number of hydrogen-bond acceptors (Lipinski definition) is 5. The zero-order valence-corrected chi connectivity index (χ0v) is 18.6. The smallest absolute Gasteiger partial charge is 0.338 e. The molecule has 0 fully saturated rings. The summed E-state index contributed by atoms with van der Waals surface area (Å²) >= 11 is 7.44. The van der Waals surface area contributed by atoms with E-state index in [2.05, 4.69) is 4.57 Å². The lowest BCUT2D eigenvalue weighted by atomic mass is 10.2. The third-order valence-electron chi connectivity index (χ3n) is 4.45. The lowest BCUT2D eigenvalue weighted by Gasteiger charge is -2.09. The second kappa shape index (κ2) is 10.8. The summed E-state index contributed by atoms with van der Waals surface area (Å²) in [4.78, 5) is 16.8. The molecular weight excluding hydrogens is 427 g/mol. The number of nitrogens with zero attached hydrogens (tertiary/aromatic N) is 2.